The molecule has 1 atom stereocenters. The SMILES string of the molecule is CCCC(c1nnnn1C(C)(C)CC)N(Cc1ccco1)Cc1cc2cc(C)cc(C)c2[nH]c1=O. The van der Waals surface area contributed by atoms with Crippen LogP contribution in [0.15, 0.2) is 45.8 Å². The first kappa shape index (κ1) is 24.9. The van der Waals surface area contributed by atoms with Crippen molar-refractivity contribution in [2.24, 2.45) is 0 Å². The van der Waals surface area contributed by atoms with E-state index in [0.717, 1.165) is 47.3 Å². The Hall–Kier alpha value is -3.26. The Balaban J connectivity index is 1.79. The van der Waals surface area contributed by atoms with E-state index in [9.17, 15) is 4.79 Å². The average molecular weight is 477 g/mol. The van der Waals surface area contributed by atoms with Crippen molar-refractivity contribution >= 4 is 10.9 Å². The Morgan fingerprint density at radius 1 is 1.17 bits per heavy atom. The predicted molar refractivity (Wildman–Crippen MR) is 137 cm³/mol. The van der Waals surface area contributed by atoms with Crippen LogP contribution in [0.3, 0.4) is 0 Å². The summed E-state index contributed by atoms with van der Waals surface area (Å²) in [4.78, 5) is 18.6. The molecular weight excluding hydrogens is 440 g/mol. The van der Waals surface area contributed by atoms with Crippen molar-refractivity contribution in [1.29, 1.82) is 0 Å². The fourth-order valence-corrected chi connectivity index (χ4v) is 4.68. The minimum absolute atomic E-state index is 0.0716. The Labute approximate surface area is 206 Å². The number of H-pyrrole nitrogens is 1. The van der Waals surface area contributed by atoms with E-state index in [1.165, 1.54) is 5.56 Å². The second-order valence-corrected chi connectivity index (χ2v) is 10.1. The molecule has 4 aromatic rings. The second-order valence-electron chi connectivity index (χ2n) is 10.1. The van der Waals surface area contributed by atoms with Gasteiger partial charge in [0.15, 0.2) is 5.82 Å². The molecule has 186 valence electrons. The molecule has 0 amide bonds. The fourth-order valence-electron chi connectivity index (χ4n) is 4.68. The van der Waals surface area contributed by atoms with E-state index >= 15 is 0 Å². The minimum Gasteiger partial charge on any atom is -0.468 e. The van der Waals surface area contributed by atoms with E-state index in [1.54, 1.807) is 6.26 Å². The minimum atomic E-state index is -0.226. The van der Waals surface area contributed by atoms with Crippen molar-refractivity contribution < 1.29 is 4.42 Å². The third-order valence-electron chi connectivity index (χ3n) is 6.92. The summed E-state index contributed by atoms with van der Waals surface area (Å²) in [6.07, 6.45) is 4.38. The lowest BCUT2D eigenvalue weighted by molar-refractivity contribution is 0.135. The number of aromatic amines is 1. The largest absolute Gasteiger partial charge is 0.468 e. The lowest BCUT2D eigenvalue weighted by atomic mass is 10.0. The lowest BCUT2D eigenvalue weighted by Gasteiger charge is -2.33. The molecule has 1 unspecified atom stereocenters. The summed E-state index contributed by atoms with van der Waals surface area (Å²) in [6.45, 7) is 13.7. The molecule has 4 rings (SSSR count). The summed E-state index contributed by atoms with van der Waals surface area (Å²) in [5, 5.41) is 13.9. The molecule has 0 aliphatic carbocycles. The molecule has 1 aromatic carbocycles. The summed E-state index contributed by atoms with van der Waals surface area (Å²) in [7, 11) is 0. The number of fused-ring (bicyclic) bond motifs is 1. The van der Waals surface area contributed by atoms with E-state index in [1.807, 2.05) is 29.8 Å². The van der Waals surface area contributed by atoms with Crippen molar-refractivity contribution in [2.45, 2.75) is 85.5 Å². The van der Waals surface area contributed by atoms with Gasteiger partial charge in [0.05, 0.1) is 29.9 Å². The molecule has 0 fully saturated rings. The molecule has 0 bridgehead atoms. The highest BCUT2D eigenvalue weighted by molar-refractivity contribution is 5.82. The first-order valence-corrected chi connectivity index (χ1v) is 12.4. The van der Waals surface area contributed by atoms with Gasteiger partial charge in [-0.1, -0.05) is 31.9 Å². The van der Waals surface area contributed by atoms with Crippen LogP contribution in [-0.4, -0.2) is 30.1 Å². The van der Waals surface area contributed by atoms with E-state index < -0.39 is 0 Å². The Kier molecular flexibility index (Phi) is 7.21. The summed E-state index contributed by atoms with van der Waals surface area (Å²) in [5.74, 6) is 1.65. The molecule has 0 aliphatic rings. The van der Waals surface area contributed by atoms with Crippen LogP contribution < -0.4 is 5.56 Å². The van der Waals surface area contributed by atoms with E-state index in [2.05, 4.69) is 72.2 Å². The average Bonchev–Trinajstić information content (AvgIpc) is 3.51. The van der Waals surface area contributed by atoms with Gasteiger partial charge in [-0.25, -0.2) is 4.68 Å². The number of furan rings is 1. The number of hydrogen-bond acceptors (Lipinski definition) is 6. The van der Waals surface area contributed by atoms with Crippen molar-refractivity contribution in [2.75, 3.05) is 0 Å². The van der Waals surface area contributed by atoms with Gasteiger partial charge in [-0.05, 0) is 86.2 Å². The Bertz CT molecular complexity index is 1340. The van der Waals surface area contributed by atoms with Crippen LogP contribution in [0.2, 0.25) is 0 Å². The molecule has 3 heterocycles. The number of aryl methyl sites for hydroxylation is 2. The van der Waals surface area contributed by atoms with Crippen molar-refractivity contribution in [3.05, 3.63) is 75.2 Å². The molecule has 35 heavy (non-hydrogen) atoms. The topological polar surface area (TPSA) is 92.8 Å². The van der Waals surface area contributed by atoms with E-state index in [-0.39, 0.29) is 17.1 Å². The number of tetrazole rings is 1. The smallest absolute Gasteiger partial charge is 0.252 e. The summed E-state index contributed by atoms with van der Waals surface area (Å²) in [5.41, 5.74) is 3.55. The van der Waals surface area contributed by atoms with Crippen LogP contribution in [0.4, 0.5) is 0 Å². The summed E-state index contributed by atoms with van der Waals surface area (Å²) < 4.78 is 7.66. The summed E-state index contributed by atoms with van der Waals surface area (Å²) in [6, 6.07) is 10.00. The van der Waals surface area contributed by atoms with Gasteiger partial charge in [0, 0.05) is 12.1 Å². The van der Waals surface area contributed by atoms with Crippen molar-refractivity contribution in [3.8, 4) is 0 Å². The number of pyridine rings is 1. The highest BCUT2D eigenvalue weighted by Crippen LogP contribution is 2.31. The Morgan fingerprint density at radius 3 is 2.66 bits per heavy atom. The van der Waals surface area contributed by atoms with Gasteiger partial charge in [0.2, 0.25) is 0 Å². The van der Waals surface area contributed by atoms with E-state index in [4.69, 9.17) is 4.42 Å². The van der Waals surface area contributed by atoms with E-state index in [0.29, 0.717) is 18.7 Å². The number of rotatable bonds is 10. The first-order valence-electron chi connectivity index (χ1n) is 12.4. The number of hydrogen-bond donors (Lipinski definition) is 1. The fraction of sp³-hybridized carbons (Fsp3) is 0.481. The van der Waals surface area contributed by atoms with Crippen LogP contribution in [-0.2, 0) is 18.6 Å². The maximum absolute atomic E-state index is 13.2. The molecule has 1 N–H and O–H groups in total. The van der Waals surface area contributed by atoms with Crippen molar-refractivity contribution in [1.82, 2.24) is 30.1 Å². The van der Waals surface area contributed by atoms with Crippen LogP contribution >= 0.6 is 0 Å². The zero-order valence-corrected chi connectivity index (χ0v) is 21.6. The monoisotopic (exact) mass is 476 g/mol. The molecular formula is C27H36N6O2. The van der Waals surface area contributed by atoms with Gasteiger partial charge >= 0.3 is 0 Å². The molecule has 0 saturated heterocycles. The van der Waals surface area contributed by atoms with Crippen molar-refractivity contribution in [3.63, 3.8) is 0 Å². The maximum atomic E-state index is 13.2. The predicted octanol–water partition coefficient (Wildman–Crippen LogP) is 5.41. The molecule has 0 spiro atoms. The molecule has 8 heteroatoms. The highest BCUT2D eigenvalue weighted by Gasteiger charge is 2.32. The van der Waals surface area contributed by atoms with Gasteiger partial charge in [-0.2, -0.15) is 0 Å². The normalized spacial score (nSPS) is 13.1. The quantitative estimate of drug-likeness (QED) is 0.329. The standard InChI is InChI=1S/C27H36N6O2/c1-7-10-23(25-29-30-31-33(25)27(5,6)8-2)32(17-22-11-9-12-35-22)16-21-15-20-14-18(3)13-19(4)24(20)28-26(21)34/h9,11-15,23H,7-8,10,16-17H2,1-6H3,(H,28,34). The molecule has 0 saturated carbocycles. The van der Waals surface area contributed by atoms with Crippen LogP contribution in [0.25, 0.3) is 10.9 Å². The highest BCUT2D eigenvalue weighted by atomic mass is 16.3. The summed E-state index contributed by atoms with van der Waals surface area (Å²) >= 11 is 0. The van der Waals surface area contributed by atoms with Gasteiger partial charge in [0.1, 0.15) is 5.76 Å². The zero-order valence-electron chi connectivity index (χ0n) is 21.6. The lowest BCUT2D eigenvalue weighted by Crippen LogP contribution is -2.36. The zero-order chi connectivity index (χ0) is 25.2. The number of aromatic nitrogens is 5. The number of nitrogens with zero attached hydrogens (tertiary/aromatic N) is 5. The van der Waals surface area contributed by atoms with Gasteiger partial charge in [-0.15, -0.1) is 5.10 Å². The number of benzene rings is 1. The Morgan fingerprint density at radius 2 is 1.97 bits per heavy atom. The molecule has 3 aromatic heterocycles. The number of nitrogens with one attached hydrogen (secondary N) is 1. The third-order valence-corrected chi connectivity index (χ3v) is 6.92. The molecule has 0 radical (unpaired) electrons. The van der Waals surface area contributed by atoms with Gasteiger partial charge < -0.3 is 9.40 Å². The first-order chi connectivity index (χ1) is 16.7. The maximum Gasteiger partial charge on any atom is 0.252 e. The third kappa shape index (κ3) is 5.22. The van der Waals surface area contributed by atoms with Crippen LogP contribution in [0, 0.1) is 13.8 Å². The molecule has 8 nitrogen and oxygen atoms in total. The second kappa shape index (κ2) is 10.2. The van der Waals surface area contributed by atoms with Crippen LogP contribution in [0.5, 0.6) is 0 Å². The van der Waals surface area contributed by atoms with Gasteiger partial charge in [0.25, 0.3) is 5.56 Å². The molecule has 0 aliphatic heterocycles. The van der Waals surface area contributed by atoms with Gasteiger partial charge in [-0.3, -0.25) is 9.69 Å². The van der Waals surface area contributed by atoms with Crippen LogP contribution in [0.1, 0.15) is 81.3 Å².